The number of phenolic OH excluding ortho intramolecular Hbond substituents is 2. The molecule has 2 aromatic carbocycles. The number of hydrogen-bond donors (Lipinski definition) is 2. The SMILES string of the molecule is CSc1ccc(C(=O)/C=C/c2ccc(O)cc2O)cc1. The molecule has 20 heavy (non-hydrogen) atoms. The Balaban J connectivity index is 2.15. The number of hydrogen-bond acceptors (Lipinski definition) is 4. The average molecular weight is 286 g/mol. The molecule has 4 heteroatoms. The number of rotatable bonds is 4. The lowest BCUT2D eigenvalue weighted by molar-refractivity contribution is 0.104. The van der Waals surface area contributed by atoms with Gasteiger partial charge in [0.15, 0.2) is 5.78 Å². The number of carbonyl (C=O) groups is 1. The number of aromatic hydroxyl groups is 2. The number of thioether (sulfide) groups is 1. The van der Waals surface area contributed by atoms with E-state index in [1.165, 1.54) is 24.3 Å². The van der Waals surface area contributed by atoms with Gasteiger partial charge in [-0.05, 0) is 54.8 Å². The summed E-state index contributed by atoms with van der Waals surface area (Å²) in [4.78, 5) is 13.1. The normalized spacial score (nSPS) is 10.8. The minimum absolute atomic E-state index is 0.0152. The van der Waals surface area contributed by atoms with Crippen molar-refractivity contribution in [2.24, 2.45) is 0 Å². The zero-order valence-electron chi connectivity index (χ0n) is 10.9. The zero-order chi connectivity index (χ0) is 14.5. The summed E-state index contributed by atoms with van der Waals surface area (Å²) < 4.78 is 0. The van der Waals surface area contributed by atoms with E-state index in [0.717, 1.165) is 4.90 Å². The molecule has 0 aromatic heterocycles. The zero-order valence-corrected chi connectivity index (χ0v) is 11.7. The van der Waals surface area contributed by atoms with Crippen molar-refractivity contribution in [3.63, 3.8) is 0 Å². The first-order valence-corrected chi connectivity index (χ1v) is 7.21. The van der Waals surface area contributed by atoms with Gasteiger partial charge in [-0.2, -0.15) is 0 Å². The monoisotopic (exact) mass is 286 g/mol. The molecule has 2 aromatic rings. The van der Waals surface area contributed by atoms with E-state index >= 15 is 0 Å². The molecule has 0 aliphatic heterocycles. The van der Waals surface area contributed by atoms with Crippen LogP contribution in [0.25, 0.3) is 6.08 Å². The van der Waals surface area contributed by atoms with Gasteiger partial charge in [0.2, 0.25) is 0 Å². The second kappa shape index (κ2) is 6.30. The third-order valence-corrected chi connectivity index (χ3v) is 3.55. The van der Waals surface area contributed by atoms with Crippen molar-refractivity contribution in [1.29, 1.82) is 0 Å². The number of carbonyl (C=O) groups excluding carboxylic acids is 1. The summed E-state index contributed by atoms with van der Waals surface area (Å²) in [5, 5.41) is 18.8. The van der Waals surface area contributed by atoms with Gasteiger partial charge in [-0.25, -0.2) is 0 Å². The summed E-state index contributed by atoms with van der Waals surface area (Å²) in [6.07, 6.45) is 4.91. The highest BCUT2D eigenvalue weighted by Crippen LogP contribution is 2.23. The molecular weight excluding hydrogens is 272 g/mol. The largest absolute Gasteiger partial charge is 0.508 e. The van der Waals surface area contributed by atoms with Crippen LogP contribution < -0.4 is 0 Å². The molecule has 0 bridgehead atoms. The lowest BCUT2D eigenvalue weighted by Gasteiger charge is -2.00. The average Bonchev–Trinajstić information content (AvgIpc) is 2.46. The molecular formula is C16H14O3S. The third kappa shape index (κ3) is 3.42. The van der Waals surface area contributed by atoms with Crippen molar-refractivity contribution in [3.8, 4) is 11.5 Å². The van der Waals surface area contributed by atoms with Crippen LogP contribution in [0.1, 0.15) is 15.9 Å². The van der Waals surface area contributed by atoms with Crippen molar-refractivity contribution >= 4 is 23.6 Å². The predicted molar refractivity (Wildman–Crippen MR) is 81.4 cm³/mol. The van der Waals surface area contributed by atoms with Gasteiger partial charge in [-0.1, -0.05) is 0 Å². The Morgan fingerprint density at radius 3 is 2.40 bits per heavy atom. The van der Waals surface area contributed by atoms with Gasteiger partial charge < -0.3 is 10.2 Å². The number of allylic oxidation sites excluding steroid dienone is 1. The molecule has 0 amide bonds. The minimum Gasteiger partial charge on any atom is -0.508 e. The Kier molecular flexibility index (Phi) is 4.48. The van der Waals surface area contributed by atoms with Crippen molar-refractivity contribution in [2.45, 2.75) is 4.90 Å². The third-order valence-electron chi connectivity index (χ3n) is 2.80. The van der Waals surface area contributed by atoms with Gasteiger partial charge in [-0.3, -0.25) is 4.79 Å². The molecule has 0 saturated carbocycles. The highest BCUT2D eigenvalue weighted by atomic mass is 32.2. The van der Waals surface area contributed by atoms with E-state index in [2.05, 4.69) is 0 Å². The van der Waals surface area contributed by atoms with E-state index in [9.17, 15) is 15.0 Å². The Morgan fingerprint density at radius 1 is 1.10 bits per heavy atom. The van der Waals surface area contributed by atoms with Crippen LogP contribution in [0, 0.1) is 0 Å². The maximum absolute atomic E-state index is 12.0. The van der Waals surface area contributed by atoms with Crippen molar-refractivity contribution in [2.75, 3.05) is 6.26 Å². The molecule has 2 rings (SSSR count). The highest BCUT2D eigenvalue weighted by Gasteiger charge is 2.03. The molecule has 0 unspecified atom stereocenters. The minimum atomic E-state index is -0.134. The molecule has 0 heterocycles. The van der Waals surface area contributed by atoms with E-state index < -0.39 is 0 Å². The van der Waals surface area contributed by atoms with E-state index in [1.54, 1.807) is 30.0 Å². The molecule has 102 valence electrons. The molecule has 0 aliphatic carbocycles. The van der Waals surface area contributed by atoms with Gasteiger partial charge in [0, 0.05) is 22.1 Å². The first-order chi connectivity index (χ1) is 9.60. The Bertz CT molecular complexity index is 645. The molecule has 0 saturated heterocycles. The number of benzene rings is 2. The predicted octanol–water partition coefficient (Wildman–Crippen LogP) is 3.72. The van der Waals surface area contributed by atoms with Crippen LogP contribution in [-0.4, -0.2) is 22.3 Å². The summed E-state index contributed by atoms with van der Waals surface area (Å²) >= 11 is 1.62. The first-order valence-electron chi connectivity index (χ1n) is 5.98. The Hall–Kier alpha value is -2.20. The summed E-state index contributed by atoms with van der Waals surface area (Å²) in [5.41, 5.74) is 1.08. The topological polar surface area (TPSA) is 57.5 Å². The fourth-order valence-electron chi connectivity index (χ4n) is 1.69. The van der Waals surface area contributed by atoms with Gasteiger partial charge in [0.05, 0.1) is 0 Å². The van der Waals surface area contributed by atoms with E-state index in [1.807, 2.05) is 18.4 Å². The van der Waals surface area contributed by atoms with Crippen LogP contribution in [0.4, 0.5) is 0 Å². The van der Waals surface area contributed by atoms with Gasteiger partial charge in [0.1, 0.15) is 11.5 Å². The quantitative estimate of drug-likeness (QED) is 0.511. The maximum atomic E-state index is 12.0. The van der Waals surface area contributed by atoms with Gasteiger partial charge in [0.25, 0.3) is 0 Å². The summed E-state index contributed by atoms with van der Waals surface area (Å²) in [6.45, 7) is 0. The van der Waals surface area contributed by atoms with E-state index in [0.29, 0.717) is 11.1 Å². The van der Waals surface area contributed by atoms with E-state index in [-0.39, 0.29) is 17.3 Å². The Morgan fingerprint density at radius 2 is 1.80 bits per heavy atom. The number of ketones is 1. The fraction of sp³-hybridized carbons (Fsp3) is 0.0625. The van der Waals surface area contributed by atoms with Gasteiger partial charge in [-0.15, -0.1) is 11.8 Å². The van der Waals surface area contributed by atoms with Crippen LogP contribution in [0.5, 0.6) is 11.5 Å². The lowest BCUT2D eigenvalue weighted by atomic mass is 10.1. The van der Waals surface area contributed by atoms with Gasteiger partial charge >= 0.3 is 0 Å². The first kappa shape index (κ1) is 14.2. The van der Waals surface area contributed by atoms with Crippen LogP contribution in [0.2, 0.25) is 0 Å². The van der Waals surface area contributed by atoms with Crippen molar-refractivity contribution in [1.82, 2.24) is 0 Å². The smallest absolute Gasteiger partial charge is 0.185 e. The van der Waals surface area contributed by atoms with Crippen LogP contribution in [-0.2, 0) is 0 Å². The van der Waals surface area contributed by atoms with Crippen LogP contribution in [0.3, 0.4) is 0 Å². The molecule has 0 aliphatic rings. The molecule has 0 atom stereocenters. The fourth-order valence-corrected chi connectivity index (χ4v) is 2.10. The van der Waals surface area contributed by atoms with E-state index in [4.69, 9.17) is 0 Å². The summed E-state index contributed by atoms with van der Waals surface area (Å²) in [6, 6.07) is 11.6. The number of phenols is 2. The standard InChI is InChI=1S/C16H14O3S/c1-20-14-7-3-11(4-8-14)15(18)9-5-12-2-6-13(17)10-16(12)19/h2-10,17,19H,1H3/b9-5+. The van der Waals surface area contributed by atoms with Crippen molar-refractivity contribution < 1.29 is 15.0 Å². The summed E-state index contributed by atoms with van der Waals surface area (Å²) in [7, 11) is 0. The van der Waals surface area contributed by atoms with Crippen LogP contribution >= 0.6 is 11.8 Å². The maximum Gasteiger partial charge on any atom is 0.185 e. The molecule has 0 radical (unpaired) electrons. The molecule has 0 fully saturated rings. The molecule has 0 spiro atoms. The van der Waals surface area contributed by atoms with Crippen molar-refractivity contribution in [3.05, 3.63) is 59.7 Å². The highest BCUT2D eigenvalue weighted by molar-refractivity contribution is 7.98. The lowest BCUT2D eigenvalue weighted by Crippen LogP contribution is -1.93. The second-order valence-electron chi connectivity index (χ2n) is 4.17. The molecule has 3 nitrogen and oxygen atoms in total. The second-order valence-corrected chi connectivity index (χ2v) is 5.05. The molecule has 2 N–H and O–H groups in total. The Labute approximate surface area is 121 Å². The summed E-state index contributed by atoms with van der Waals surface area (Å²) in [5.74, 6) is -0.212. The van der Waals surface area contributed by atoms with Crippen LogP contribution in [0.15, 0.2) is 53.4 Å².